The molecule has 0 bridgehead atoms. The van der Waals surface area contributed by atoms with Crippen LogP contribution in [0, 0.1) is 10.1 Å². The molecule has 0 unspecified atom stereocenters. The fraction of sp³-hybridized carbons (Fsp3) is 0.286. The van der Waals surface area contributed by atoms with Crippen molar-refractivity contribution in [3.8, 4) is 0 Å². The molecule has 3 rings (SSSR count). The fourth-order valence-electron chi connectivity index (χ4n) is 2.60. The van der Waals surface area contributed by atoms with Gasteiger partial charge in [-0.2, -0.15) is 18.3 Å². The number of carbonyl (C=O) groups is 1. The Balaban J connectivity index is 1.74. The first kappa shape index (κ1) is 16.0. The van der Waals surface area contributed by atoms with E-state index in [1.54, 1.807) is 0 Å². The van der Waals surface area contributed by atoms with Gasteiger partial charge in [0, 0.05) is 12.0 Å². The number of nitro groups is 1. The number of rotatable bonds is 4. The van der Waals surface area contributed by atoms with Crippen molar-refractivity contribution in [1.82, 2.24) is 15.5 Å². The van der Waals surface area contributed by atoms with Crippen molar-refractivity contribution in [2.75, 3.05) is 0 Å². The average Bonchev–Trinajstić information content (AvgIpc) is 3.08. The highest BCUT2D eigenvalue weighted by molar-refractivity contribution is 5.96. The van der Waals surface area contributed by atoms with Gasteiger partial charge in [-0.15, -0.1) is 0 Å². The van der Waals surface area contributed by atoms with Gasteiger partial charge in [0.15, 0.2) is 0 Å². The van der Waals surface area contributed by atoms with Crippen LogP contribution in [-0.4, -0.2) is 27.1 Å². The second-order valence-corrected chi connectivity index (χ2v) is 5.39. The lowest BCUT2D eigenvalue weighted by molar-refractivity contribution is -0.385. The maximum Gasteiger partial charge on any atom is 0.416 e. The Morgan fingerprint density at radius 3 is 2.75 bits per heavy atom. The standard InChI is InChI=1S/C14H11F3N4O3/c15-14(16,17)9-4-2-1-3-7(9)8-5-10(8)19-13(22)12-11(21(23)24)6-18-20-12/h1-4,6,8,10H,5H2,(H,18,20)(H,19,22)/t8-,10+/m0/s1. The largest absolute Gasteiger partial charge is 0.416 e. The molecular weight excluding hydrogens is 329 g/mol. The van der Waals surface area contributed by atoms with Crippen LogP contribution < -0.4 is 5.32 Å². The molecule has 0 aliphatic heterocycles. The summed E-state index contributed by atoms with van der Waals surface area (Å²) < 4.78 is 39.0. The molecule has 2 N–H and O–H groups in total. The molecule has 1 amide bonds. The topological polar surface area (TPSA) is 101 Å². The lowest BCUT2D eigenvalue weighted by Crippen LogP contribution is -2.27. The van der Waals surface area contributed by atoms with Crippen molar-refractivity contribution in [2.24, 2.45) is 0 Å². The number of benzene rings is 1. The van der Waals surface area contributed by atoms with Gasteiger partial charge >= 0.3 is 11.9 Å². The Hall–Kier alpha value is -2.91. The molecular formula is C14H11F3N4O3. The summed E-state index contributed by atoms with van der Waals surface area (Å²) in [6.45, 7) is 0. The summed E-state index contributed by atoms with van der Waals surface area (Å²) in [7, 11) is 0. The van der Waals surface area contributed by atoms with Crippen molar-refractivity contribution < 1.29 is 22.9 Å². The van der Waals surface area contributed by atoms with Gasteiger partial charge in [-0.3, -0.25) is 20.0 Å². The summed E-state index contributed by atoms with van der Waals surface area (Å²) >= 11 is 0. The molecule has 0 radical (unpaired) electrons. The highest BCUT2D eigenvalue weighted by Gasteiger charge is 2.45. The molecule has 1 aliphatic carbocycles. The van der Waals surface area contributed by atoms with Crippen LogP contribution in [0.2, 0.25) is 0 Å². The minimum Gasteiger partial charge on any atom is -0.347 e. The minimum atomic E-state index is -4.48. The number of halogens is 3. The molecule has 10 heteroatoms. The maximum absolute atomic E-state index is 13.0. The van der Waals surface area contributed by atoms with E-state index in [4.69, 9.17) is 0 Å². The molecule has 126 valence electrons. The van der Waals surface area contributed by atoms with E-state index in [2.05, 4.69) is 15.5 Å². The molecule has 1 aromatic heterocycles. The van der Waals surface area contributed by atoms with E-state index in [-0.39, 0.29) is 11.3 Å². The lowest BCUT2D eigenvalue weighted by Gasteiger charge is -2.12. The summed E-state index contributed by atoms with van der Waals surface area (Å²) in [5.74, 6) is -1.25. The van der Waals surface area contributed by atoms with Crippen LogP contribution in [-0.2, 0) is 6.18 Å². The summed E-state index contributed by atoms with van der Waals surface area (Å²) in [6, 6.07) is 4.66. The molecule has 2 aromatic rings. The van der Waals surface area contributed by atoms with Gasteiger partial charge in [-0.05, 0) is 18.1 Å². The zero-order valence-corrected chi connectivity index (χ0v) is 12.0. The van der Waals surface area contributed by atoms with Gasteiger partial charge in [-0.25, -0.2) is 0 Å². The number of H-pyrrole nitrogens is 1. The fourth-order valence-corrected chi connectivity index (χ4v) is 2.60. The van der Waals surface area contributed by atoms with Crippen molar-refractivity contribution in [3.63, 3.8) is 0 Å². The average molecular weight is 340 g/mol. The Kier molecular flexibility index (Phi) is 3.74. The number of hydrogen-bond acceptors (Lipinski definition) is 4. The Bertz CT molecular complexity index is 803. The predicted molar refractivity (Wildman–Crippen MR) is 75.3 cm³/mol. The third kappa shape index (κ3) is 2.94. The summed E-state index contributed by atoms with van der Waals surface area (Å²) in [6.07, 6.45) is -3.24. The van der Waals surface area contributed by atoms with Gasteiger partial charge in [-0.1, -0.05) is 18.2 Å². The van der Waals surface area contributed by atoms with Gasteiger partial charge in [0.2, 0.25) is 5.69 Å². The van der Waals surface area contributed by atoms with Gasteiger partial charge in [0.1, 0.15) is 6.20 Å². The molecule has 1 aliphatic rings. The number of nitrogens with one attached hydrogen (secondary N) is 2. The minimum absolute atomic E-state index is 0.106. The zero-order chi connectivity index (χ0) is 17.5. The quantitative estimate of drug-likeness (QED) is 0.660. The normalized spacial score (nSPS) is 19.8. The first-order chi connectivity index (χ1) is 11.3. The Morgan fingerprint density at radius 1 is 1.38 bits per heavy atom. The van der Waals surface area contributed by atoms with Crippen LogP contribution in [0.25, 0.3) is 0 Å². The van der Waals surface area contributed by atoms with Crippen molar-refractivity contribution in [1.29, 1.82) is 0 Å². The molecule has 0 saturated heterocycles. The summed E-state index contributed by atoms with van der Waals surface area (Å²) in [5, 5.41) is 18.9. The zero-order valence-electron chi connectivity index (χ0n) is 12.0. The number of aromatic amines is 1. The van der Waals surface area contributed by atoms with E-state index in [0.717, 1.165) is 12.3 Å². The maximum atomic E-state index is 13.0. The molecule has 7 nitrogen and oxygen atoms in total. The molecule has 1 saturated carbocycles. The molecule has 1 heterocycles. The van der Waals surface area contributed by atoms with Gasteiger partial charge < -0.3 is 5.32 Å². The van der Waals surface area contributed by atoms with Crippen LogP contribution in [0.1, 0.15) is 34.0 Å². The summed E-state index contributed by atoms with van der Waals surface area (Å²) in [5.41, 5.74) is -1.44. The second kappa shape index (κ2) is 5.62. The predicted octanol–water partition coefficient (Wildman–Crippen LogP) is 2.62. The smallest absolute Gasteiger partial charge is 0.347 e. The van der Waals surface area contributed by atoms with Crippen LogP contribution in [0.5, 0.6) is 0 Å². The van der Waals surface area contributed by atoms with E-state index < -0.39 is 40.2 Å². The molecule has 0 spiro atoms. The van der Waals surface area contributed by atoms with Crippen LogP contribution in [0.3, 0.4) is 0 Å². The molecule has 1 fully saturated rings. The van der Waals surface area contributed by atoms with Crippen molar-refractivity contribution >= 4 is 11.6 Å². The van der Waals surface area contributed by atoms with Crippen LogP contribution in [0.15, 0.2) is 30.5 Å². The van der Waals surface area contributed by atoms with Crippen LogP contribution in [0.4, 0.5) is 18.9 Å². The van der Waals surface area contributed by atoms with Crippen molar-refractivity contribution in [3.05, 3.63) is 57.4 Å². The van der Waals surface area contributed by atoms with Crippen LogP contribution >= 0.6 is 0 Å². The highest BCUT2D eigenvalue weighted by atomic mass is 19.4. The highest BCUT2D eigenvalue weighted by Crippen LogP contribution is 2.46. The Labute approximate surface area is 133 Å². The van der Waals surface area contributed by atoms with Gasteiger partial charge in [0.05, 0.1) is 10.5 Å². The van der Waals surface area contributed by atoms with E-state index >= 15 is 0 Å². The van der Waals surface area contributed by atoms with E-state index in [9.17, 15) is 28.1 Å². The van der Waals surface area contributed by atoms with E-state index in [1.165, 1.54) is 18.2 Å². The molecule has 24 heavy (non-hydrogen) atoms. The number of aromatic nitrogens is 2. The number of alkyl halides is 3. The number of nitrogens with zero attached hydrogens (tertiary/aromatic N) is 2. The van der Waals surface area contributed by atoms with E-state index in [0.29, 0.717) is 6.42 Å². The SMILES string of the molecule is O=C(N[C@@H]1C[C@H]1c1ccccc1C(F)(F)F)c1[nH]ncc1[N+](=O)[O-]. The third-order valence-corrected chi connectivity index (χ3v) is 3.82. The second-order valence-electron chi connectivity index (χ2n) is 5.39. The van der Waals surface area contributed by atoms with Crippen molar-refractivity contribution in [2.45, 2.75) is 24.6 Å². The Morgan fingerprint density at radius 2 is 2.08 bits per heavy atom. The number of amides is 1. The molecule has 2 atom stereocenters. The third-order valence-electron chi connectivity index (χ3n) is 3.82. The monoisotopic (exact) mass is 340 g/mol. The first-order valence-corrected chi connectivity index (χ1v) is 6.93. The first-order valence-electron chi connectivity index (χ1n) is 6.93. The number of carbonyl (C=O) groups excluding carboxylic acids is 1. The lowest BCUT2D eigenvalue weighted by atomic mass is 10.0. The van der Waals surface area contributed by atoms with E-state index in [1.807, 2.05) is 0 Å². The number of hydrogen-bond donors (Lipinski definition) is 2. The van der Waals surface area contributed by atoms with Gasteiger partial charge in [0.25, 0.3) is 5.91 Å². The summed E-state index contributed by atoms with van der Waals surface area (Å²) in [4.78, 5) is 22.0. The molecule has 1 aromatic carbocycles.